The predicted molar refractivity (Wildman–Crippen MR) is 93.0 cm³/mol. The molecule has 1 amide bonds. The maximum absolute atomic E-state index is 12.4. The highest BCUT2D eigenvalue weighted by Crippen LogP contribution is 2.21. The Morgan fingerprint density at radius 1 is 1.12 bits per heavy atom. The van der Waals surface area contributed by atoms with Gasteiger partial charge in [0.2, 0.25) is 5.88 Å². The molecule has 2 heterocycles. The van der Waals surface area contributed by atoms with E-state index in [0.717, 1.165) is 23.4 Å². The van der Waals surface area contributed by atoms with Crippen molar-refractivity contribution in [3.8, 4) is 17.4 Å². The molecule has 0 saturated carbocycles. The Morgan fingerprint density at radius 3 is 2.60 bits per heavy atom. The molecule has 0 aliphatic carbocycles. The molecule has 0 radical (unpaired) electrons. The molecule has 1 aromatic heterocycles. The highest BCUT2D eigenvalue weighted by atomic mass is 16.5. The van der Waals surface area contributed by atoms with Crippen LogP contribution in [0.2, 0.25) is 0 Å². The number of carbonyl (C=O) groups excluding carboxylic acids is 1. The van der Waals surface area contributed by atoms with Crippen LogP contribution in [-0.2, 0) is 17.8 Å². The van der Waals surface area contributed by atoms with Gasteiger partial charge in [-0.25, -0.2) is 4.98 Å². The minimum Gasteiger partial charge on any atom is -0.497 e. The molecular weight excluding hydrogens is 320 g/mol. The number of pyridine rings is 1. The van der Waals surface area contributed by atoms with Crippen LogP contribution in [0.4, 0.5) is 0 Å². The molecule has 2 aromatic rings. The lowest BCUT2D eigenvalue weighted by atomic mass is 10.1. The standard InChI is InChI=1S/C19H22N2O4/c1-3-24-18-9-4-14-12-21(11-10-17(14)20-18)19(22)13-25-16-7-5-15(23-2)6-8-16/h4-9H,3,10-13H2,1-2H3. The normalized spacial score (nSPS) is 13.1. The quantitative estimate of drug-likeness (QED) is 0.807. The number of methoxy groups -OCH3 is 1. The van der Waals surface area contributed by atoms with Crippen LogP contribution < -0.4 is 14.2 Å². The van der Waals surface area contributed by atoms with Crippen molar-refractivity contribution in [3.63, 3.8) is 0 Å². The molecule has 25 heavy (non-hydrogen) atoms. The Morgan fingerprint density at radius 2 is 1.88 bits per heavy atom. The minimum absolute atomic E-state index is 0.0200. The Labute approximate surface area is 147 Å². The van der Waals surface area contributed by atoms with Gasteiger partial charge in [-0.3, -0.25) is 4.79 Å². The van der Waals surface area contributed by atoms with E-state index in [9.17, 15) is 4.79 Å². The molecule has 0 bridgehead atoms. The maximum atomic E-state index is 12.4. The fraction of sp³-hybridized carbons (Fsp3) is 0.368. The molecule has 6 heteroatoms. The lowest BCUT2D eigenvalue weighted by molar-refractivity contribution is -0.134. The second-order valence-electron chi connectivity index (χ2n) is 5.72. The molecule has 132 valence electrons. The van der Waals surface area contributed by atoms with Gasteiger partial charge in [0.1, 0.15) is 11.5 Å². The summed E-state index contributed by atoms with van der Waals surface area (Å²) in [7, 11) is 1.61. The third-order valence-electron chi connectivity index (χ3n) is 4.09. The predicted octanol–water partition coefficient (Wildman–Crippen LogP) is 2.45. The van der Waals surface area contributed by atoms with Crippen LogP contribution in [0.25, 0.3) is 0 Å². The van der Waals surface area contributed by atoms with E-state index in [-0.39, 0.29) is 12.5 Å². The van der Waals surface area contributed by atoms with Gasteiger partial charge in [-0.1, -0.05) is 6.07 Å². The van der Waals surface area contributed by atoms with Gasteiger partial charge in [-0.05, 0) is 36.8 Å². The Kier molecular flexibility index (Phi) is 5.38. The van der Waals surface area contributed by atoms with Crippen LogP contribution >= 0.6 is 0 Å². The van der Waals surface area contributed by atoms with Gasteiger partial charge in [-0.15, -0.1) is 0 Å². The van der Waals surface area contributed by atoms with Crippen LogP contribution in [0.5, 0.6) is 17.4 Å². The van der Waals surface area contributed by atoms with Gasteiger partial charge < -0.3 is 19.1 Å². The smallest absolute Gasteiger partial charge is 0.260 e. The lowest BCUT2D eigenvalue weighted by Crippen LogP contribution is -2.39. The summed E-state index contributed by atoms with van der Waals surface area (Å²) in [6, 6.07) is 11.0. The molecule has 1 aliphatic heterocycles. The van der Waals surface area contributed by atoms with E-state index in [0.29, 0.717) is 31.3 Å². The van der Waals surface area contributed by atoms with E-state index in [2.05, 4.69) is 4.98 Å². The molecule has 0 atom stereocenters. The van der Waals surface area contributed by atoms with Gasteiger partial charge >= 0.3 is 0 Å². The van der Waals surface area contributed by atoms with E-state index in [4.69, 9.17) is 14.2 Å². The van der Waals surface area contributed by atoms with Gasteiger partial charge in [-0.2, -0.15) is 0 Å². The Bertz CT molecular complexity index is 731. The van der Waals surface area contributed by atoms with E-state index >= 15 is 0 Å². The highest BCUT2D eigenvalue weighted by molar-refractivity contribution is 5.78. The number of amides is 1. The summed E-state index contributed by atoms with van der Waals surface area (Å²) >= 11 is 0. The fourth-order valence-corrected chi connectivity index (χ4v) is 2.75. The monoisotopic (exact) mass is 342 g/mol. The van der Waals surface area contributed by atoms with Gasteiger partial charge in [0.15, 0.2) is 6.61 Å². The number of nitrogens with zero attached hydrogens (tertiary/aromatic N) is 2. The SMILES string of the molecule is CCOc1ccc2c(n1)CCN(C(=O)COc1ccc(OC)cc1)C2. The molecule has 0 saturated heterocycles. The lowest BCUT2D eigenvalue weighted by Gasteiger charge is -2.28. The second-order valence-corrected chi connectivity index (χ2v) is 5.72. The van der Waals surface area contributed by atoms with Gasteiger partial charge in [0.05, 0.1) is 19.4 Å². The largest absolute Gasteiger partial charge is 0.497 e. The zero-order valence-electron chi connectivity index (χ0n) is 14.5. The van der Waals surface area contributed by atoms with E-state index < -0.39 is 0 Å². The first-order valence-electron chi connectivity index (χ1n) is 8.36. The van der Waals surface area contributed by atoms with Crippen LogP contribution in [0.3, 0.4) is 0 Å². The van der Waals surface area contributed by atoms with Gasteiger partial charge in [0.25, 0.3) is 5.91 Å². The molecule has 1 aliphatic rings. The minimum atomic E-state index is -0.0321. The zero-order valence-corrected chi connectivity index (χ0v) is 14.5. The van der Waals surface area contributed by atoms with Crippen molar-refractivity contribution < 1.29 is 19.0 Å². The van der Waals surface area contributed by atoms with Crippen LogP contribution in [0.15, 0.2) is 36.4 Å². The Balaban J connectivity index is 1.56. The summed E-state index contributed by atoms with van der Waals surface area (Å²) in [6.07, 6.45) is 0.727. The number of ether oxygens (including phenoxy) is 3. The third kappa shape index (κ3) is 4.21. The molecule has 1 aromatic carbocycles. The molecular formula is C19H22N2O4. The van der Waals surface area contributed by atoms with Gasteiger partial charge in [0, 0.05) is 25.6 Å². The molecule has 0 spiro atoms. The Hall–Kier alpha value is -2.76. The number of carbonyl (C=O) groups is 1. The van der Waals surface area contributed by atoms with Crippen molar-refractivity contribution in [2.45, 2.75) is 19.9 Å². The summed E-state index contributed by atoms with van der Waals surface area (Å²) < 4.78 is 16.1. The van der Waals surface area contributed by atoms with E-state index in [1.54, 1.807) is 36.3 Å². The topological polar surface area (TPSA) is 60.9 Å². The van der Waals surface area contributed by atoms with Crippen molar-refractivity contribution in [2.75, 3.05) is 26.9 Å². The van der Waals surface area contributed by atoms with Crippen molar-refractivity contribution in [3.05, 3.63) is 47.7 Å². The first-order valence-corrected chi connectivity index (χ1v) is 8.36. The first kappa shape index (κ1) is 17.1. The van der Waals surface area contributed by atoms with Crippen LogP contribution in [-0.4, -0.2) is 42.7 Å². The zero-order chi connectivity index (χ0) is 17.6. The van der Waals surface area contributed by atoms with E-state index in [1.807, 2.05) is 19.1 Å². The second kappa shape index (κ2) is 7.88. The molecule has 6 nitrogen and oxygen atoms in total. The van der Waals surface area contributed by atoms with Crippen LogP contribution in [0.1, 0.15) is 18.2 Å². The summed E-state index contributed by atoms with van der Waals surface area (Å²) in [6.45, 7) is 3.75. The molecule has 0 fully saturated rings. The summed E-state index contributed by atoms with van der Waals surface area (Å²) in [5.41, 5.74) is 2.07. The number of hydrogen-bond donors (Lipinski definition) is 0. The average Bonchev–Trinajstić information content (AvgIpc) is 2.66. The van der Waals surface area contributed by atoms with Crippen molar-refractivity contribution in [2.24, 2.45) is 0 Å². The number of rotatable bonds is 6. The number of benzene rings is 1. The van der Waals surface area contributed by atoms with Crippen molar-refractivity contribution in [1.82, 2.24) is 9.88 Å². The number of aromatic nitrogens is 1. The maximum Gasteiger partial charge on any atom is 0.260 e. The van der Waals surface area contributed by atoms with Crippen molar-refractivity contribution >= 4 is 5.91 Å². The molecule has 0 N–H and O–H groups in total. The fourth-order valence-electron chi connectivity index (χ4n) is 2.75. The summed E-state index contributed by atoms with van der Waals surface area (Å²) in [5.74, 6) is 2.01. The number of fused-ring (bicyclic) bond motifs is 1. The number of hydrogen-bond acceptors (Lipinski definition) is 5. The highest BCUT2D eigenvalue weighted by Gasteiger charge is 2.22. The third-order valence-corrected chi connectivity index (χ3v) is 4.09. The molecule has 0 unspecified atom stereocenters. The van der Waals surface area contributed by atoms with Crippen LogP contribution in [0, 0.1) is 0 Å². The first-order chi connectivity index (χ1) is 12.2. The van der Waals surface area contributed by atoms with Crippen molar-refractivity contribution in [1.29, 1.82) is 0 Å². The van der Waals surface area contributed by atoms with E-state index in [1.165, 1.54) is 0 Å². The summed E-state index contributed by atoms with van der Waals surface area (Å²) in [5, 5.41) is 0. The molecule has 3 rings (SSSR count). The average molecular weight is 342 g/mol. The summed E-state index contributed by atoms with van der Waals surface area (Å²) in [4.78, 5) is 18.7.